The summed E-state index contributed by atoms with van der Waals surface area (Å²) in [7, 11) is -1.88. The first-order valence-electron chi connectivity index (χ1n) is 8.19. The second kappa shape index (κ2) is 8.09. The molecule has 124 valence electrons. The predicted molar refractivity (Wildman–Crippen MR) is 97.5 cm³/mol. The van der Waals surface area contributed by atoms with Gasteiger partial charge in [-0.2, -0.15) is 0 Å². The third kappa shape index (κ3) is 5.71. The van der Waals surface area contributed by atoms with Gasteiger partial charge in [0.1, 0.15) is 0 Å². The summed E-state index contributed by atoms with van der Waals surface area (Å²) in [5.74, 6) is 0. The van der Waals surface area contributed by atoms with E-state index < -0.39 is 8.32 Å². The first-order chi connectivity index (χ1) is 10.2. The van der Waals surface area contributed by atoms with Gasteiger partial charge in [-0.3, -0.25) is 0 Å². The number of hydrogen-bond acceptors (Lipinski definition) is 2. The Kier molecular flexibility index (Phi) is 7.04. The van der Waals surface area contributed by atoms with Crippen molar-refractivity contribution in [3.05, 3.63) is 48.6 Å². The number of aliphatic hydroxyl groups excluding tert-OH is 1. The maximum atomic E-state index is 10.3. The number of rotatable bonds is 8. The van der Waals surface area contributed by atoms with Crippen molar-refractivity contribution in [3.63, 3.8) is 0 Å². The lowest BCUT2D eigenvalue weighted by Gasteiger charge is -2.40. The lowest BCUT2D eigenvalue weighted by atomic mass is 10.0. The second-order valence-corrected chi connectivity index (χ2v) is 12.3. The molecule has 0 unspecified atom stereocenters. The van der Waals surface area contributed by atoms with E-state index in [0.29, 0.717) is 6.42 Å². The van der Waals surface area contributed by atoms with Crippen LogP contribution in [0.15, 0.2) is 43.0 Å². The van der Waals surface area contributed by atoms with E-state index in [9.17, 15) is 5.11 Å². The molecule has 0 bridgehead atoms. The summed E-state index contributed by atoms with van der Waals surface area (Å²) in [5.41, 5.74) is 1.16. The molecular weight excluding hydrogens is 288 g/mol. The summed E-state index contributed by atoms with van der Waals surface area (Å²) in [6.07, 6.45) is 3.69. The van der Waals surface area contributed by atoms with Gasteiger partial charge in [-0.15, -0.1) is 6.58 Å². The number of aliphatic hydroxyl groups is 1. The molecule has 0 radical (unpaired) electrons. The van der Waals surface area contributed by atoms with Crippen LogP contribution in [0.1, 0.15) is 51.7 Å². The van der Waals surface area contributed by atoms with Crippen molar-refractivity contribution in [2.24, 2.45) is 0 Å². The van der Waals surface area contributed by atoms with Gasteiger partial charge in [0.15, 0.2) is 8.32 Å². The Morgan fingerprint density at radius 2 is 1.82 bits per heavy atom. The lowest BCUT2D eigenvalue weighted by molar-refractivity contribution is 0.0816. The number of benzene rings is 1. The highest BCUT2D eigenvalue weighted by atomic mass is 28.4. The molecule has 0 saturated heterocycles. The topological polar surface area (TPSA) is 29.5 Å². The molecule has 2 nitrogen and oxygen atoms in total. The molecule has 0 aliphatic rings. The van der Waals surface area contributed by atoms with Crippen LogP contribution in [0.25, 0.3) is 0 Å². The summed E-state index contributed by atoms with van der Waals surface area (Å²) in [5, 5.41) is 10.5. The summed E-state index contributed by atoms with van der Waals surface area (Å²) in [6, 6.07) is 10.3. The minimum atomic E-state index is -1.88. The van der Waals surface area contributed by atoms with Gasteiger partial charge in [-0.1, -0.05) is 57.2 Å². The second-order valence-electron chi connectivity index (χ2n) is 7.53. The van der Waals surface area contributed by atoms with Crippen LogP contribution in [0.2, 0.25) is 18.1 Å². The molecule has 0 saturated carbocycles. The largest absolute Gasteiger partial charge is 0.410 e. The summed E-state index contributed by atoms with van der Waals surface area (Å²) < 4.78 is 6.59. The van der Waals surface area contributed by atoms with E-state index in [1.807, 2.05) is 24.3 Å². The SMILES string of the molecule is C=CCC[C@@H](O)C[C@H](O[Si](C)(C)C(C)(C)C)c1ccccc1. The summed E-state index contributed by atoms with van der Waals surface area (Å²) >= 11 is 0. The highest BCUT2D eigenvalue weighted by Crippen LogP contribution is 2.40. The van der Waals surface area contributed by atoms with Gasteiger partial charge in [0.2, 0.25) is 0 Å². The minimum absolute atomic E-state index is 0.0399. The quantitative estimate of drug-likeness (QED) is 0.508. The van der Waals surface area contributed by atoms with E-state index in [-0.39, 0.29) is 17.2 Å². The monoisotopic (exact) mass is 320 g/mol. The standard InChI is InChI=1S/C19H32O2Si/c1-7-8-14-17(20)15-18(16-12-10-9-11-13-16)21-22(5,6)19(2,3)4/h7,9-13,17-18,20H,1,8,14-15H2,2-6H3/t17-,18+/m1/s1. The normalized spacial score (nSPS) is 15.4. The van der Waals surface area contributed by atoms with E-state index in [4.69, 9.17) is 4.43 Å². The Hall–Kier alpha value is -0.903. The zero-order valence-corrected chi connectivity index (χ0v) is 15.8. The van der Waals surface area contributed by atoms with Gasteiger partial charge >= 0.3 is 0 Å². The fourth-order valence-electron chi connectivity index (χ4n) is 2.13. The minimum Gasteiger partial charge on any atom is -0.410 e. The van der Waals surface area contributed by atoms with Crippen LogP contribution < -0.4 is 0 Å². The van der Waals surface area contributed by atoms with Crippen LogP contribution >= 0.6 is 0 Å². The molecule has 1 aromatic carbocycles. The molecule has 0 spiro atoms. The molecule has 0 aliphatic heterocycles. The Labute approximate surface area is 137 Å². The van der Waals surface area contributed by atoms with E-state index in [1.165, 1.54) is 0 Å². The van der Waals surface area contributed by atoms with Crippen molar-refractivity contribution in [1.82, 2.24) is 0 Å². The first-order valence-corrected chi connectivity index (χ1v) is 11.1. The fraction of sp³-hybridized carbons (Fsp3) is 0.579. The molecule has 1 aromatic rings. The molecule has 0 heterocycles. The molecule has 0 amide bonds. The van der Waals surface area contributed by atoms with Crippen molar-refractivity contribution in [2.75, 3.05) is 0 Å². The summed E-state index contributed by atoms with van der Waals surface area (Å²) in [4.78, 5) is 0. The fourth-order valence-corrected chi connectivity index (χ4v) is 3.42. The van der Waals surface area contributed by atoms with Crippen LogP contribution in [0.3, 0.4) is 0 Å². The van der Waals surface area contributed by atoms with Crippen LogP contribution in [0.5, 0.6) is 0 Å². The van der Waals surface area contributed by atoms with Crippen LogP contribution in [0, 0.1) is 0 Å². The predicted octanol–water partition coefficient (Wildman–Crippen LogP) is 5.47. The van der Waals surface area contributed by atoms with E-state index in [1.54, 1.807) is 0 Å². The van der Waals surface area contributed by atoms with Gasteiger partial charge < -0.3 is 9.53 Å². The first kappa shape index (κ1) is 19.1. The molecule has 0 aliphatic carbocycles. The Morgan fingerprint density at radius 3 is 2.32 bits per heavy atom. The third-order valence-corrected chi connectivity index (χ3v) is 9.09. The highest BCUT2D eigenvalue weighted by molar-refractivity contribution is 6.74. The van der Waals surface area contributed by atoms with Gasteiger partial charge in [-0.05, 0) is 36.5 Å². The molecule has 22 heavy (non-hydrogen) atoms. The van der Waals surface area contributed by atoms with Gasteiger partial charge in [0.05, 0.1) is 12.2 Å². The zero-order valence-electron chi connectivity index (χ0n) is 14.8. The van der Waals surface area contributed by atoms with Crippen LogP contribution in [-0.4, -0.2) is 19.5 Å². The van der Waals surface area contributed by atoms with E-state index in [0.717, 1.165) is 18.4 Å². The average molecular weight is 321 g/mol. The maximum absolute atomic E-state index is 10.3. The van der Waals surface area contributed by atoms with Crippen LogP contribution in [0.4, 0.5) is 0 Å². The molecular formula is C19H32O2Si. The van der Waals surface area contributed by atoms with Crippen molar-refractivity contribution in [1.29, 1.82) is 0 Å². The highest BCUT2D eigenvalue weighted by Gasteiger charge is 2.39. The molecule has 2 atom stereocenters. The molecule has 1 rings (SSSR count). The van der Waals surface area contributed by atoms with Crippen molar-refractivity contribution in [2.45, 2.75) is 70.4 Å². The Balaban J connectivity index is 2.90. The molecule has 0 aromatic heterocycles. The van der Waals surface area contributed by atoms with Crippen molar-refractivity contribution in [3.8, 4) is 0 Å². The Morgan fingerprint density at radius 1 is 1.23 bits per heavy atom. The van der Waals surface area contributed by atoms with Gasteiger partial charge in [0.25, 0.3) is 0 Å². The van der Waals surface area contributed by atoms with Crippen molar-refractivity contribution >= 4 is 8.32 Å². The smallest absolute Gasteiger partial charge is 0.192 e. The third-order valence-electron chi connectivity index (χ3n) is 4.60. The lowest BCUT2D eigenvalue weighted by Crippen LogP contribution is -2.42. The van der Waals surface area contributed by atoms with E-state index >= 15 is 0 Å². The average Bonchev–Trinajstić information content (AvgIpc) is 2.44. The van der Waals surface area contributed by atoms with Crippen LogP contribution in [-0.2, 0) is 4.43 Å². The number of allylic oxidation sites excluding steroid dienone is 1. The van der Waals surface area contributed by atoms with Gasteiger partial charge in [0, 0.05) is 6.42 Å². The molecule has 3 heteroatoms. The molecule has 0 fully saturated rings. The molecule has 1 N–H and O–H groups in total. The zero-order chi connectivity index (χ0) is 16.8. The van der Waals surface area contributed by atoms with Gasteiger partial charge in [-0.25, -0.2) is 0 Å². The Bertz CT molecular complexity index is 448. The summed E-state index contributed by atoms with van der Waals surface area (Å²) in [6.45, 7) is 15.0. The van der Waals surface area contributed by atoms with E-state index in [2.05, 4.69) is 52.6 Å². The maximum Gasteiger partial charge on any atom is 0.192 e. The van der Waals surface area contributed by atoms with Crippen molar-refractivity contribution < 1.29 is 9.53 Å². The number of hydrogen-bond donors (Lipinski definition) is 1.